The molecule has 1 unspecified atom stereocenters. The SMILES string of the molecule is COC(=O)Nc1ccc2c(c1)CCN(C)C2C. The van der Waals surface area contributed by atoms with Crippen molar-refractivity contribution in [3.8, 4) is 0 Å². The van der Waals surface area contributed by atoms with Gasteiger partial charge in [-0.1, -0.05) is 6.07 Å². The lowest BCUT2D eigenvalue weighted by Crippen LogP contribution is -2.30. The molecule has 4 heteroatoms. The van der Waals surface area contributed by atoms with Crippen LogP contribution < -0.4 is 5.32 Å². The maximum atomic E-state index is 11.1. The van der Waals surface area contributed by atoms with E-state index in [4.69, 9.17) is 0 Å². The van der Waals surface area contributed by atoms with Gasteiger partial charge in [-0.05, 0) is 43.7 Å². The molecule has 0 radical (unpaired) electrons. The molecule has 92 valence electrons. The largest absolute Gasteiger partial charge is 0.453 e. The fourth-order valence-corrected chi connectivity index (χ4v) is 2.20. The average Bonchev–Trinajstić information content (AvgIpc) is 2.34. The Morgan fingerprint density at radius 3 is 3.00 bits per heavy atom. The number of carbonyl (C=O) groups excluding carboxylic acids is 1. The lowest BCUT2D eigenvalue weighted by Gasteiger charge is -2.32. The lowest BCUT2D eigenvalue weighted by atomic mass is 9.93. The van der Waals surface area contributed by atoms with Crippen LogP contribution >= 0.6 is 0 Å². The minimum atomic E-state index is -0.425. The number of nitrogens with one attached hydrogen (secondary N) is 1. The molecule has 4 nitrogen and oxygen atoms in total. The normalized spacial score (nSPS) is 19.6. The van der Waals surface area contributed by atoms with Crippen LogP contribution in [0.15, 0.2) is 18.2 Å². The van der Waals surface area contributed by atoms with Crippen molar-refractivity contribution < 1.29 is 9.53 Å². The Hall–Kier alpha value is -1.55. The molecular weight excluding hydrogens is 216 g/mol. The topological polar surface area (TPSA) is 41.6 Å². The second-order valence-corrected chi connectivity index (χ2v) is 4.44. The van der Waals surface area contributed by atoms with Gasteiger partial charge in [0, 0.05) is 18.3 Å². The summed E-state index contributed by atoms with van der Waals surface area (Å²) in [5, 5.41) is 2.69. The monoisotopic (exact) mass is 234 g/mol. The van der Waals surface area contributed by atoms with E-state index in [0.29, 0.717) is 6.04 Å². The maximum Gasteiger partial charge on any atom is 0.411 e. The van der Waals surface area contributed by atoms with Crippen LogP contribution in [0.25, 0.3) is 0 Å². The molecule has 0 saturated carbocycles. The van der Waals surface area contributed by atoms with E-state index in [0.717, 1.165) is 18.7 Å². The van der Waals surface area contributed by atoms with E-state index in [-0.39, 0.29) is 0 Å². The highest BCUT2D eigenvalue weighted by atomic mass is 16.5. The van der Waals surface area contributed by atoms with E-state index in [1.165, 1.54) is 18.2 Å². The first-order valence-corrected chi connectivity index (χ1v) is 5.80. The van der Waals surface area contributed by atoms with Gasteiger partial charge in [0.1, 0.15) is 0 Å². The van der Waals surface area contributed by atoms with Crippen molar-refractivity contribution in [2.45, 2.75) is 19.4 Å². The molecule has 1 aliphatic heterocycles. The van der Waals surface area contributed by atoms with Crippen LogP contribution in [-0.2, 0) is 11.2 Å². The van der Waals surface area contributed by atoms with Gasteiger partial charge in [0.25, 0.3) is 0 Å². The summed E-state index contributed by atoms with van der Waals surface area (Å²) in [6.07, 6.45) is 0.596. The highest BCUT2D eigenvalue weighted by molar-refractivity contribution is 5.84. The standard InChI is InChI=1S/C13H18N2O2/c1-9-12-5-4-11(14-13(16)17-3)8-10(12)6-7-15(9)2/h4-5,8-9H,6-7H2,1-3H3,(H,14,16). The summed E-state index contributed by atoms with van der Waals surface area (Å²) in [7, 11) is 3.50. The molecule has 1 aromatic rings. The number of rotatable bonds is 1. The van der Waals surface area contributed by atoms with Crippen LogP contribution in [0.5, 0.6) is 0 Å². The number of amides is 1. The van der Waals surface area contributed by atoms with Crippen molar-refractivity contribution in [3.05, 3.63) is 29.3 Å². The molecular formula is C13H18N2O2. The van der Waals surface area contributed by atoms with E-state index in [9.17, 15) is 4.79 Å². The fourth-order valence-electron chi connectivity index (χ4n) is 2.20. The number of ether oxygens (including phenoxy) is 1. The maximum absolute atomic E-state index is 11.1. The van der Waals surface area contributed by atoms with Gasteiger partial charge in [0.2, 0.25) is 0 Å². The van der Waals surface area contributed by atoms with Crippen LogP contribution in [0.1, 0.15) is 24.1 Å². The van der Waals surface area contributed by atoms with Crippen molar-refractivity contribution in [2.24, 2.45) is 0 Å². The van der Waals surface area contributed by atoms with Crippen molar-refractivity contribution in [2.75, 3.05) is 26.0 Å². The molecule has 1 heterocycles. The zero-order valence-electron chi connectivity index (χ0n) is 10.5. The molecule has 0 aromatic heterocycles. The Labute approximate surface area is 102 Å². The summed E-state index contributed by atoms with van der Waals surface area (Å²) in [5.74, 6) is 0. The summed E-state index contributed by atoms with van der Waals surface area (Å²) in [5.41, 5.74) is 3.45. The van der Waals surface area contributed by atoms with Gasteiger partial charge in [-0.25, -0.2) is 4.79 Å². The average molecular weight is 234 g/mol. The number of methoxy groups -OCH3 is 1. The minimum Gasteiger partial charge on any atom is -0.453 e. The smallest absolute Gasteiger partial charge is 0.411 e. The molecule has 0 spiro atoms. The second kappa shape index (κ2) is 4.75. The lowest BCUT2D eigenvalue weighted by molar-refractivity contribution is 0.187. The van der Waals surface area contributed by atoms with E-state index in [1.54, 1.807) is 0 Å². The number of nitrogens with zero attached hydrogens (tertiary/aromatic N) is 1. The van der Waals surface area contributed by atoms with Crippen molar-refractivity contribution >= 4 is 11.8 Å². The first-order chi connectivity index (χ1) is 8.11. The Kier molecular flexibility index (Phi) is 3.33. The van der Waals surface area contributed by atoms with E-state index < -0.39 is 6.09 Å². The van der Waals surface area contributed by atoms with Crippen molar-refractivity contribution in [1.82, 2.24) is 4.90 Å². The molecule has 1 aromatic carbocycles. The number of hydrogen-bond acceptors (Lipinski definition) is 3. The van der Waals surface area contributed by atoms with Crippen LogP contribution in [0.4, 0.5) is 10.5 Å². The van der Waals surface area contributed by atoms with Crippen LogP contribution in [-0.4, -0.2) is 31.7 Å². The second-order valence-electron chi connectivity index (χ2n) is 4.44. The summed E-state index contributed by atoms with van der Waals surface area (Å²) in [6, 6.07) is 6.48. The molecule has 1 aliphatic rings. The first kappa shape index (κ1) is 11.9. The molecule has 0 saturated heterocycles. The highest BCUT2D eigenvalue weighted by Crippen LogP contribution is 2.29. The first-order valence-electron chi connectivity index (χ1n) is 5.80. The fraction of sp³-hybridized carbons (Fsp3) is 0.462. The van der Waals surface area contributed by atoms with E-state index in [2.05, 4.69) is 35.0 Å². The van der Waals surface area contributed by atoms with Gasteiger partial charge < -0.3 is 4.74 Å². The summed E-state index contributed by atoms with van der Waals surface area (Å²) < 4.78 is 4.58. The Bertz CT molecular complexity index is 431. The van der Waals surface area contributed by atoms with E-state index in [1.807, 2.05) is 12.1 Å². The third-order valence-electron chi connectivity index (χ3n) is 3.42. The predicted octanol–water partition coefficient (Wildman–Crippen LogP) is 2.41. The van der Waals surface area contributed by atoms with Crippen LogP contribution in [0.2, 0.25) is 0 Å². The van der Waals surface area contributed by atoms with Gasteiger partial charge in [-0.15, -0.1) is 0 Å². The number of benzene rings is 1. The third-order valence-corrected chi connectivity index (χ3v) is 3.42. The number of likely N-dealkylation sites (N-methyl/N-ethyl adjacent to an activating group) is 1. The van der Waals surface area contributed by atoms with Gasteiger partial charge in [0.05, 0.1) is 7.11 Å². The van der Waals surface area contributed by atoms with Gasteiger partial charge in [-0.2, -0.15) is 0 Å². The van der Waals surface area contributed by atoms with Crippen molar-refractivity contribution in [1.29, 1.82) is 0 Å². The number of hydrogen-bond donors (Lipinski definition) is 1. The van der Waals surface area contributed by atoms with Gasteiger partial charge in [0.15, 0.2) is 0 Å². The number of carbonyl (C=O) groups is 1. The minimum absolute atomic E-state index is 0.425. The quantitative estimate of drug-likeness (QED) is 0.811. The summed E-state index contributed by atoms with van der Waals surface area (Å²) in [6.45, 7) is 3.25. The van der Waals surface area contributed by atoms with Crippen LogP contribution in [0, 0.1) is 0 Å². The van der Waals surface area contributed by atoms with Gasteiger partial charge >= 0.3 is 6.09 Å². The summed E-state index contributed by atoms with van der Waals surface area (Å²) >= 11 is 0. The molecule has 1 N–H and O–H groups in total. The molecule has 1 amide bonds. The van der Waals surface area contributed by atoms with E-state index >= 15 is 0 Å². The third kappa shape index (κ3) is 2.42. The molecule has 17 heavy (non-hydrogen) atoms. The number of anilines is 1. The molecule has 0 bridgehead atoms. The Morgan fingerprint density at radius 1 is 1.53 bits per heavy atom. The molecule has 0 aliphatic carbocycles. The van der Waals surface area contributed by atoms with Gasteiger partial charge in [-0.3, -0.25) is 10.2 Å². The molecule has 1 atom stereocenters. The molecule has 2 rings (SSSR count). The van der Waals surface area contributed by atoms with Crippen LogP contribution in [0.3, 0.4) is 0 Å². The Morgan fingerprint density at radius 2 is 2.29 bits per heavy atom. The zero-order valence-corrected chi connectivity index (χ0v) is 10.5. The van der Waals surface area contributed by atoms with Crippen molar-refractivity contribution in [3.63, 3.8) is 0 Å². The molecule has 0 fully saturated rings. The Balaban J connectivity index is 2.23. The highest BCUT2D eigenvalue weighted by Gasteiger charge is 2.20. The predicted molar refractivity (Wildman–Crippen MR) is 67.2 cm³/mol. The summed E-state index contributed by atoms with van der Waals surface area (Å²) in [4.78, 5) is 13.5. The zero-order chi connectivity index (χ0) is 12.4. The number of fused-ring (bicyclic) bond motifs is 1.